The highest BCUT2D eigenvalue weighted by Gasteiger charge is 2.11. The molecule has 0 radical (unpaired) electrons. The summed E-state index contributed by atoms with van der Waals surface area (Å²) in [7, 11) is 1.86. The van der Waals surface area contributed by atoms with Gasteiger partial charge < -0.3 is 0 Å². The van der Waals surface area contributed by atoms with Crippen molar-refractivity contribution in [1.82, 2.24) is 19.2 Å². The van der Waals surface area contributed by atoms with E-state index in [2.05, 4.69) is 10.1 Å². The Morgan fingerprint density at radius 2 is 2.06 bits per heavy atom. The van der Waals surface area contributed by atoms with E-state index in [1.54, 1.807) is 10.7 Å². The Kier molecular flexibility index (Phi) is 2.01. The summed E-state index contributed by atoms with van der Waals surface area (Å²) < 4.78 is 16.8. The van der Waals surface area contributed by atoms with Crippen LogP contribution in [-0.4, -0.2) is 19.2 Å². The third-order valence-corrected chi connectivity index (χ3v) is 2.86. The summed E-state index contributed by atoms with van der Waals surface area (Å²) in [6.45, 7) is 1.86. The average molecular weight is 230 g/mol. The lowest BCUT2D eigenvalue weighted by Crippen LogP contribution is -1.98. The molecule has 0 amide bonds. The summed E-state index contributed by atoms with van der Waals surface area (Å²) in [5, 5.41) is 4.32. The van der Waals surface area contributed by atoms with Crippen molar-refractivity contribution in [3.05, 3.63) is 42.2 Å². The second-order valence-corrected chi connectivity index (χ2v) is 3.98. The van der Waals surface area contributed by atoms with Gasteiger partial charge in [-0.05, 0) is 25.1 Å². The number of hydrogen-bond donors (Lipinski definition) is 0. The standard InChI is InChI=1S/C12H11FN4/c1-8-9(10-5-6-16(2)15-10)3-4-12-14-7-11(13)17(8)12/h3-7H,1-2H3. The number of aromatic nitrogens is 4. The molecule has 0 fully saturated rings. The lowest BCUT2D eigenvalue weighted by Gasteiger charge is -2.06. The molecule has 0 N–H and O–H groups in total. The SMILES string of the molecule is Cc1c(-c2ccn(C)n2)ccc2ncc(F)n12. The Labute approximate surface area is 97.3 Å². The van der Waals surface area contributed by atoms with E-state index in [-0.39, 0.29) is 5.95 Å². The highest BCUT2D eigenvalue weighted by Crippen LogP contribution is 2.23. The molecule has 0 bridgehead atoms. The van der Waals surface area contributed by atoms with Crippen LogP contribution in [0.25, 0.3) is 16.9 Å². The van der Waals surface area contributed by atoms with E-state index < -0.39 is 0 Å². The highest BCUT2D eigenvalue weighted by molar-refractivity contribution is 5.64. The molecule has 0 atom stereocenters. The largest absolute Gasteiger partial charge is 0.275 e. The molecule has 0 saturated heterocycles. The van der Waals surface area contributed by atoms with E-state index in [1.165, 1.54) is 10.6 Å². The van der Waals surface area contributed by atoms with Crippen LogP contribution in [0, 0.1) is 12.9 Å². The summed E-state index contributed by atoms with van der Waals surface area (Å²) in [4.78, 5) is 3.98. The minimum atomic E-state index is -0.352. The lowest BCUT2D eigenvalue weighted by molar-refractivity contribution is 0.569. The number of fused-ring (bicyclic) bond motifs is 1. The van der Waals surface area contributed by atoms with E-state index >= 15 is 0 Å². The first-order valence-electron chi connectivity index (χ1n) is 5.29. The third-order valence-electron chi connectivity index (χ3n) is 2.86. The number of pyridine rings is 1. The molecule has 0 saturated carbocycles. The van der Waals surface area contributed by atoms with E-state index in [0.717, 1.165) is 17.0 Å². The zero-order valence-electron chi connectivity index (χ0n) is 9.55. The first-order valence-corrected chi connectivity index (χ1v) is 5.29. The van der Waals surface area contributed by atoms with E-state index in [1.807, 2.05) is 32.3 Å². The van der Waals surface area contributed by atoms with E-state index in [4.69, 9.17) is 0 Å². The predicted octanol–water partition coefficient (Wildman–Crippen LogP) is 2.18. The third kappa shape index (κ3) is 1.43. The number of imidazole rings is 1. The van der Waals surface area contributed by atoms with Gasteiger partial charge in [-0.1, -0.05) is 0 Å². The Balaban J connectivity index is 2.30. The van der Waals surface area contributed by atoms with Gasteiger partial charge in [0.15, 0.2) is 0 Å². The molecule has 3 aromatic rings. The van der Waals surface area contributed by atoms with Crippen molar-refractivity contribution in [3.8, 4) is 11.3 Å². The van der Waals surface area contributed by atoms with Crippen LogP contribution in [0.1, 0.15) is 5.69 Å². The van der Waals surface area contributed by atoms with Crippen LogP contribution < -0.4 is 0 Å². The van der Waals surface area contributed by atoms with Gasteiger partial charge in [0.2, 0.25) is 5.95 Å². The summed E-state index contributed by atoms with van der Waals surface area (Å²) in [5.74, 6) is -0.352. The molecule has 0 spiro atoms. The molecule has 4 nitrogen and oxygen atoms in total. The maximum absolute atomic E-state index is 13.6. The van der Waals surface area contributed by atoms with Crippen molar-refractivity contribution in [2.75, 3.05) is 0 Å². The molecule has 3 aromatic heterocycles. The monoisotopic (exact) mass is 230 g/mol. The van der Waals surface area contributed by atoms with Crippen LogP contribution >= 0.6 is 0 Å². The fourth-order valence-electron chi connectivity index (χ4n) is 2.02. The fraction of sp³-hybridized carbons (Fsp3) is 0.167. The molecule has 0 aliphatic carbocycles. The quantitative estimate of drug-likeness (QED) is 0.642. The van der Waals surface area contributed by atoms with Crippen molar-refractivity contribution >= 4 is 5.65 Å². The van der Waals surface area contributed by atoms with Gasteiger partial charge in [-0.25, -0.2) is 4.98 Å². The summed E-state index contributed by atoms with van der Waals surface area (Å²) >= 11 is 0. The van der Waals surface area contributed by atoms with Gasteiger partial charge >= 0.3 is 0 Å². The minimum Gasteiger partial charge on any atom is -0.275 e. The van der Waals surface area contributed by atoms with Crippen LogP contribution in [0.3, 0.4) is 0 Å². The van der Waals surface area contributed by atoms with Gasteiger partial charge in [0.1, 0.15) is 5.65 Å². The molecular weight excluding hydrogens is 219 g/mol. The first kappa shape index (κ1) is 10.0. The van der Waals surface area contributed by atoms with Crippen molar-refractivity contribution in [2.24, 2.45) is 7.05 Å². The van der Waals surface area contributed by atoms with Crippen LogP contribution in [0.4, 0.5) is 4.39 Å². The number of aryl methyl sites for hydroxylation is 2. The molecule has 3 rings (SSSR count). The summed E-state index contributed by atoms with van der Waals surface area (Å²) in [6, 6.07) is 5.61. The molecule has 0 unspecified atom stereocenters. The van der Waals surface area contributed by atoms with E-state index in [9.17, 15) is 4.39 Å². The van der Waals surface area contributed by atoms with Gasteiger partial charge in [-0.3, -0.25) is 9.08 Å². The predicted molar refractivity (Wildman–Crippen MR) is 62.1 cm³/mol. The Morgan fingerprint density at radius 1 is 1.24 bits per heavy atom. The fourth-order valence-corrected chi connectivity index (χ4v) is 2.02. The summed E-state index contributed by atoms with van der Waals surface area (Å²) in [5.41, 5.74) is 3.16. The summed E-state index contributed by atoms with van der Waals surface area (Å²) in [6.07, 6.45) is 3.09. The molecule has 86 valence electrons. The number of hydrogen-bond acceptors (Lipinski definition) is 2. The van der Waals surface area contributed by atoms with Crippen molar-refractivity contribution in [2.45, 2.75) is 6.92 Å². The Hall–Kier alpha value is -2.17. The molecular formula is C12H11FN4. The van der Waals surface area contributed by atoms with Crippen molar-refractivity contribution < 1.29 is 4.39 Å². The van der Waals surface area contributed by atoms with Gasteiger partial charge in [-0.2, -0.15) is 9.49 Å². The molecule has 17 heavy (non-hydrogen) atoms. The smallest absolute Gasteiger partial charge is 0.218 e. The Bertz CT molecular complexity index is 696. The van der Waals surface area contributed by atoms with Crippen molar-refractivity contribution in [1.29, 1.82) is 0 Å². The van der Waals surface area contributed by atoms with Crippen LogP contribution in [0.2, 0.25) is 0 Å². The topological polar surface area (TPSA) is 35.1 Å². The number of rotatable bonds is 1. The van der Waals surface area contributed by atoms with Gasteiger partial charge in [0, 0.05) is 24.5 Å². The molecule has 0 aromatic carbocycles. The van der Waals surface area contributed by atoms with Crippen LogP contribution in [-0.2, 0) is 7.05 Å². The number of nitrogens with zero attached hydrogens (tertiary/aromatic N) is 4. The zero-order chi connectivity index (χ0) is 12.0. The van der Waals surface area contributed by atoms with Gasteiger partial charge in [-0.15, -0.1) is 0 Å². The molecule has 0 aliphatic heterocycles. The van der Waals surface area contributed by atoms with E-state index in [0.29, 0.717) is 5.65 Å². The molecule has 3 heterocycles. The van der Waals surface area contributed by atoms with Gasteiger partial charge in [0.05, 0.1) is 11.9 Å². The Morgan fingerprint density at radius 3 is 2.76 bits per heavy atom. The zero-order valence-corrected chi connectivity index (χ0v) is 9.55. The lowest BCUT2D eigenvalue weighted by atomic mass is 10.1. The first-order chi connectivity index (χ1) is 8.16. The van der Waals surface area contributed by atoms with Crippen molar-refractivity contribution in [3.63, 3.8) is 0 Å². The number of halogens is 1. The normalized spacial score (nSPS) is 11.2. The second-order valence-electron chi connectivity index (χ2n) is 3.98. The second kappa shape index (κ2) is 3.41. The maximum Gasteiger partial charge on any atom is 0.218 e. The highest BCUT2D eigenvalue weighted by atomic mass is 19.1. The minimum absolute atomic E-state index is 0.352. The average Bonchev–Trinajstić information content (AvgIpc) is 2.87. The van der Waals surface area contributed by atoms with Gasteiger partial charge in [0.25, 0.3) is 0 Å². The molecule has 5 heteroatoms. The maximum atomic E-state index is 13.6. The molecule has 0 aliphatic rings. The van der Waals surface area contributed by atoms with Crippen LogP contribution in [0.15, 0.2) is 30.6 Å². The van der Waals surface area contributed by atoms with Crippen LogP contribution in [0.5, 0.6) is 0 Å².